The molecule has 1 aromatic carbocycles. The normalized spacial score (nSPS) is 18.2. The predicted molar refractivity (Wildman–Crippen MR) is 74.7 cm³/mol. The summed E-state index contributed by atoms with van der Waals surface area (Å²) in [5.74, 6) is -0.758. The Labute approximate surface area is 113 Å². The van der Waals surface area contributed by atoms with E-state index in [1.54, 1.807) is 6.07 Å². The third-order valence-corrected chi connectivity index (χ3v) is 3.61. The first kappa shape index (κ1) is 14.0. The van der Waals surface area contributed by atoms with Gasteiger partial charge >= 0.3 is 0 Å². The van der Waals surface area contributed by atoms with Gasteiger partial charge in [-0.25, -0.2) is 4.39 Å². The van der Waals surface area contributed by atoms with E-state index in [9.17, 15) is 9.50 Å². The van der Waals surface area contributed by atoms with Gasteiger partial charge in [-0.05, 0) is 18.9 Å². The topological polar surface area (TPSA) is 35.5 Å². The molecule has 1 aliphatic rings. The largest absolute Gasteiger partial charge is 0.505 e. The van der Waals surface area contributed by atoms with Crippen LogP contribution in [0.3, 0.4) is 0 Å². The van der Waals surface area contributed by atoms with E-state index in [-0.39, 0.29) is 11.8 Å². The van der Waals surface area contributed by atoms with Crippen LogP contribution >= 0.6 is 0 Å². The number of hydrogen-bond donors (Lipinski definition) is 2. The van der Waals surface area contributed by atoms with E-state index < -0.39 is 5.82 Å². The average molecular weight is 264 g/mol. The second-order valence-corrected chi connectivity index (χ2v) is 4.85. The van der Waals surface area contributed by atoms with Gasteiger partial charge in [-0.2, -0.15) is 0 Å². The maximum Gasteiger partial charge on any atom is 0.165 e. The molecule has 0 bridgehead atoms. The van der Waals surface area contributed by atoms with Gasteiger partial charge in [-0.15, -0.1) is 6.58 Å². The number of benzene rings is 1. The Morgan fingerprint density at radius 3 is 2.84 bits per heavy atom. The highest BCUT2D eigenvalue weighted by Crippen LogP contribution is 2.33. The standard InChI is InChI=1S/C15H21FN2O/c1-2-3-7-14(18-10-8-17-9-11-18)12-5-4-6-13(16)15(12)19/h2,4-6,14,17,19H,1,3,7-11H2/t14-/m0/s1. The van der Waals surface area contributed by atoms with Crippen molar-refractivity contribution in [2.24, 2.45) is 0 Å². The number of hydrogen-bond acceptors (Lipinski definition) is 3. The molecule has 0 amide bonds. The lowest BCUT2D eigenvalue weighted by atomic mass is 9.98. The number of phenols is 1. The molecule has 2 N–H and O–H groups in total. The number of nitrogens with zero attached hydrogens (tertiary/aromatic N) is 1. The van der Waals surface area contributed by atoms with E-state index in [0.717, 1.165) is 39.0 Å². The lowest BCUT2D eigenvalue weighted by Crippen LogP contribution is -2.45. The number of rotatable bonds is 5. The van der Waals surface area contributed by atoms with Gasteiger partial charge in [0.25, 0.3) is 0 Å². The average Bonchev–Trinajstić information content (AvgIpc) is 2.45. The molecular formula is C15H21FN2O. The maximum atomic E-state index is 13.5. The fourth-order valence-corrected chi connectivity index (χ4v) is 2.61. The summed E-state index contributed by atoms with van der Waals surface area (Å²) < 4.78 is 13.5. The number of nitrogens with one attached hydrogen (secondary N) is 1. The van der Waals surface area contributed by atoms with Crippen LogP contribution in [0, 0.1) is 5.82 Å². The molecule has 19 heavy (non-hydrogen) atoms. The van der Waals surface area contributed by atoms with Crippen molar-refractivity contribution < 1.29 is 9.50 Å². The van der Waals surface area contributed by atoms with Gasteiger partial charge in [-0.1, -0.05) is 18.2 Å². The maximum absolute atomic E-state index is 13.5. The van der Waals surface area contributed by atoms with Crippen LogP contribution in [0.25, 0.3) is 0 Å². The van der Waals surface area contributed by atoms with Crippen molar-refractivity contribution in [3.8, 4) is 5.75 Å². The Hall–Kier alpha value is -1.39. The van der Waals surface area contributed by atoms with E-state index in [1.165, 1.54) is 6.07 Å². The summed E-state index contributed by atoms with van der Waals surface area (Å²) in [5.41, 5.74) is 0.684. The minimum atomic E-state index is -0.545. The molecule has 1 saturated heterocycles. The molecule has 1 aliphatic heterocycles. The fourth-order valence-electron chi connectivity index (χ4n) is 2.61. The summed E-state index contributed by atoms with van der Waals surface area (Å²) in [5, 5.41) is 13.3. The predicted octanol–water partition coefficient (Wildman–Crippen LogP) is 2.44. The van der Waals surface area contributed by atoms with Gasteiger partial charge in [0.2, 0.25) is 0 Å². The van der Waals surface area contributed by atoms with E-state index in [0.29, 0.717) is 5.56 Å². The van der Waals surface area contributed by atoms with Crippen molar-refractivity contribution in [1.82, 2.24) is 10.2 Å². The van der Waals surface area contributed by atoms with E-state index in [2.05, 4.69) is 16.8 Å². The minimum absolute atomic E-state index is 0.0517. The monoisotopic (exact) mass is 264 g/mol. The number of phenolic OH excluding ortho intramolecular Hbond substituents is 1. The van der Waals surface area contributed by atoms with Gasteiger partial charge in [0.15, 0.2) is 11.6 Å². The number of para-hydroxylation sites is 1. The van der Waals surface area contributed by atoms with Crippen molar-refractivity contribution in [2.75, 3.05) is 26.2 Å². The molecule has 0 unspecified atom stereocenters. The van der Waals surface area contributed by atoms with Crippen molar-refractivity contribution in [1.29, 1.82) is 0 Å². The molecule has 1 aromatic rings. The number of halogens is 1. The van der Waals surface area contributed by atoms with E-state index in [4.69, 9.17) is 0 Å². The second-order valence-electron chi connectivity index (χ2n) is 4.85. The smallest absolute Gasteiger partial charge is 0.165 e. The molecule has 0 radical (unpaired) electrons. The van der Waals surface area contributed by atoms with Gasteiger partial charge in [0.1, 0.15) is 0 Å². The molecule has 1 fully saturated rings. The van der Waals surface area contributed by atoms with Crippen molar-refractivity contribution in [2.45, 2.75) is 18.9 Å². The van der Waals surface area contributed by atoms with Crippen molar-refractivity contribution >= 4 is 0 Å². The molecule has 2 rings (SSSR count). The Kier molecular flexibility index (Phi) is 4.93. The Bertz CT molecular complexity index is 430. The summed E-state index contributed by atoms with van der Waals surface area (Å²) >= 11 is 0. The highest BCUT2D eigenvalue weighted by Gasteiger charge is 2.24. The molecule has 3 nitrogen and oxygen atoms in total. The quantitative estimate of drug-likeness (QED) is 0.802. The zero-order valence-corrected chi connectivity index (χ0v) is 11.1. The molecule has 1 heterocycles. The van der Waals surface area contributed by atoms with E-state index in [1.807, 2.05) is 12.1 Å². The van der Waals surface area contributed by atoms with Crippen molar-refractivity contribution in [3.05, 3.63) is 42.2 Å². The Morgan fingerprint density at radius 2 is 2.16 bits per heavy atom. The summed E-state index contributed by atoms with van der Waals surface area (Å²) in [4.78, 5) is 2.30. The molecule has 0 aliphatic carbocycles. The van der Waals surface area contributed by atoms with Crippen LogP contribution in [-0.4, -0.2) is 36.2 Å². The molecule has 0 saturated carbocycles. The zero-order valence-electron chi connectivity index (χ0n) is 11.1. The van der Waals surface area contributed by atoms with Gasteiger partial charge < -0.3 is 10.4 Å². The number of piperazine rings is 1. The SMILES string of the molecule is C=CCC[C@@H](c1cccc(F)c1O)N1CCNCC1. The van der Waals surface area contributed by atoms with Gasteiger partial charge in [0.05, 0.1) is 0 Å². The molecule has 4 heteroatoms. The molecule has 104 valence electrons. The van der Waals surface area contributed by atoms with Crippen LogP contribution in [-0.2, 0) is 0 Å². The minimum Gasteiger partial charge on any atom is -0.505 e. The van der Waals surface area contributed by atoms with Gasteiger partial charge in [0, 0.05) is 37.8 Å². The Balaban J connectivity index is 2.24. The summed E-state index contributed by atoms with van der Waals surface area (Å²) in [6, 6.07) is 4.82. The summed E-state index contributed by atoms with van der Waals surface area (Å²) in [7, 11) is 0. The Morgan fingerprint density at radius 1 is 1.42 bits per heavy atom. The summed E-state index contributed by atoms with van der Waals surface area (Å²) in [6.07, 6.45) is 3.57. The van der Waals surface area contributed by atoms with Crippen LogP contribution in [0.5, 0.6) is 5.75 Å². The third kappa shape index (κ3) is 3.33. The second kappa shape index (κ2) is 6.68. The highest BCUT2D eigenvalue weighted by molar-refractivity contribution is 5.36. The first-order valence-corrected chi connectivity index (χ1v) is 6.77. The van der Waals surface area contributed by atoms with Crippen LogP contribution in [0.15, 0.2) is 30.9 Å². The lowest BCUT2D eigenvalue weighted by molar-refractivity contribution is 0.163. The van der Waals surface area contributed by atoms with Crippen LogP contribution in [0.2, 0.25) is 0 Å². The van der Waals surface area contributed by atoms with Crippen LogP contribution in [0.1, 0.15) is 24.4 Å². The zero-order chi connectivity index (χ0) is 13.7. The number of aromatic hydroxyl groups is 1. The molecular weight excluding hydrogens is 243 g/mol. The molecule has 0 aromatic heterocycles. The highest BCUT2D eigenvalue weighted by atomic mass is 19.1. The van der Waals surface area contributed by atoms with Crippen LogP contribution in [0.4, 0.5) is 4.39 Å². The third-order valence-electron chi connectivity index (χ3n) is 3.61. The fraction of sp³-hybridized carbons (Fsp3) is 0.467. The van der Waals surface area contributed by atoms with Crippen LogP contribution < -0.4 is 5.32 Å². The van der Waals surface area contributed by atoms with E-state index >= 15 is 0 Å². The first-order chi connectivity index (χ1) is 9.24. The summed E-state index contributed by atoms with van der Waals surface area (Å²) in [6.45, 7) is 7.44. The van der Waals surface area contributed by atoms with Crippen molar-refractivity contribution in [3.63, 3.8) is 0 Å². The lowest BCUT2D eigenvalue weighted by Gasteiger charge is -2.35. The number of allylic oxidation sites excluding steroid dienone is 1. The molecule has 1 atom stereocenters. The first-order valence-electron chi connectivity index (χ1n) is 6.77. The van der Waals surface area contributed by atoms with Gasteiger partial charge in [-0.3, -0.25) is 4.90 Å². The molecule has 0 spiro atoms.